The summed E-state index contributed by atoms with van der Waals surface area (Å²) < 4.78 is 0. The van der Waals surface area contributed by atoms with E-state index in [0.29, 0.717) is 17.0 Å². The van der Waals surface area contributed by atoms with Crippen LogP contribution in [0.3, 0.4) is 0 Å². The SMILES string of the molecule is CCN1CCN(C(=O)CC2CCN(Cc3cnc(N)s3)CC2)CC1. The van der Waals surface area contributed by atoms with Crippen LogP contribution in [0, 0.1) is 5.92 Å². The van der Waals surface area contributed by atoms with Crippen LogP contribution in [-0.4, -0.2) is 71.4 Å². The number of hydrogen-bond donors (Lipinski definition) is 1. The van der Waals surface area contributed by atoms with E-state index in [0.717, 1.165) is 71.6 Å². The Morgan fingerprint density at radius 2 is 1.92 bits per heavy atom. The molecule has 3 rings (SSSR count). The Kier molecular flexibility index (Phi) is 6.08. The van der Waals surface area contributed by atoms with Gasteiger partial charge in [0.1, 0.15) is 0 Å². The predicted molar refractivity (Wildman–Crippen MR) is 97.8 cm³/mol. The summed E-state index contributed by atoms with van der Waals surface area (Å²) in [6, 6.07) is 0. The smallest absolute Gasteiger partial charge is 0.222 e. The lowest BCUT2D eigenvalue weighted by Gasteiger charge is -2.36. The van der Waals surface area contributed by atoms with Crippen molar-refractivity contribution in [2.75, 3.05) is 51.5 Å². The molecule has 2 aliphatic rings. The molecule has 2 N–H and O–H groups in total. The van der Waals surface area contributed by atoms with E-state index in [4.69, 9.17) is 5.73 Å². The molecule has 0 saturated carbocycles. The van der Waals surface area contributed by atoms with Crippen molar-refractivity contribution in [3.8, 4) is 0 Å². The highest BCUT2D eigenvalue weighted by atomic mass is 32.1. The zero-order chi connectivity index (χ0) is 16.9. The highest BCUT2D eigenvalue weighted by Gasteiger charge is 2.26. The van der Waals surface area contributed by atoms with Gasteiger partial charge in [0.05, 0.1) is 0 Å². The number of anilines is 1. The molecule has 1 aromatic heterocycles. The Morgan fingerprint density at radius 3 is 2.50 bits per heavy atom. The first-order valence-corrected chi connectivity index (χ1v) is 9.88. The first-order valence-electron chi connectivity index (χ1n) is 9.06. The quantitative estimate of drug-likeness (QED) is 0.871. The van der Waals surface area contributed by atoms with Crippen molar-refractivity contribution < 1.29 is 4.79 Å². The molecule has 0 spiro atoms. The van der Waals surface area contributed by atoms with Gasteiger partial charge in [-0.1, -0.05) is 6.92 Å². The molecule has 0 aliphatic carbocycles. The van der Waals surface area contributed by atoms with Crippen LogP contribution >= 0.6 is 11.3 Å². The fraction of sp³-hybridized carbons (Fsp3) is 0.765. The zero-order valence-corrected chi connectivity index (χ0v) is 15.4. The number of nitrogens with two attached hydrogens (primary N) is 1. The molecule has 0 atom stereocenters. The van der Waals surface area contributed by atoms with Crippen molar-refractivity contribution in [3.05, 3.63) is 11.1 Å². The fourth-order valence-corrected chi connectivity index (χ4v) is 4.38. The van der Waals surface area contributed by atoms with Crippen molar-refractivity contribution >= 4 is 22.4 Å². The first kappa shape index (κ1) is 17.6. The molecule has 0 bridgehead atoms. The standard InChI is InChI=1S/C17H29N5OS/c1-2-20-7-9-22(10-8-20)16(23)11-14-3-5-21(6-4-14)13-15-12-19-17(18)24-15/h12,14H,2-11,13H2,1H3,(H2,18,19). The van der Waals surface area contributed by atoms with Gasteiger partial charge in [0.15, 0.2) is 5.13 Å². The van der Waals surface area contributed by atoms with Gasteiger partial charge in [-0.2, -0.15) is 0 Å². The number of piperazine rings is 1. The molecule has 0 radical (unpaired) electrons. The van der Waals surface area contributed by atoms with Crippen LogP contribution in [0.4, 0.5) is 5.13 Å². The van der Waals surface area contributed by atoms with E-state index in [-0.39, 0.29) is 0 Å². The monoisotopic (exact) mass is 351 g/mol. The molecule has 7 heteroatoms. The average Bonchev–Trinajstić information content (AvgIpc) is 3.01. The minimum Gasteiger partial charge on any atom is -0.375 e. The highest BCUT2D eigenvalue weighted by molar-refractivity contribution is 7.15. The van der Waals surface area contributed by atoms with Crippen LogP contribution < -0.4 is 5.73 Å². The van der Waals surface area contributed by atoms with Crippen LogP contribution in [0.25, 0.3) is 0 Å². The molecule has 6 nitrogen and oxygen atoms in total. The number of piperidine rings is 1. The second-order valence-electron chi connectivity index (χ2n) is 6.90. The van der Waals surface area contributed by atoms with Crippen molar-refractivity contribution in [1.29, 1.82) is 0 Å². The van der Waals surface area contributed by atoms with Gasteiger partial charge >= 0.3 is 0 Å². The van der Waals surface area contributed by atoms with E-state index in [2.05, 4.69) is 26.6 Å². The van der Waals surface area contributed by atoms with E-state index >= 15 is 0 Å². The molecule has 0 aromatic carbocycles. The van der Waals surface area contributed by atoms with Gasteiger partial charge < -0.3 is 15.5 Å². The number of nitrogen functional groups attached to an aromatic ring is 1. The summed E-state index contributed by atoms with van der Waals surface area (Å²) in [6.45, 7) is 10.2. The van der Waals surface area contributed by atoms with E-state index in [1.54, 1.807) is 11.3 Å². The van der Waals surface area contributed by atoms with E-state index in [1.807, 2.05) is 6.20 Å². The highest BCUT2D eigenvalue weighted by Crippen LogP contribution is 2.24. The van der Waals surface area contributed by atoms with Crippen LogP contribution in [0.5, 0.6) is 0 Å². The van der Waals surface area contributed by atoms with Crippen LogP contribution in [0.1, 0.15) is 31.1 Å². The molecular weight excluding hydrogens is 322 g/mol. The van der Waals surface area contributed by atoms with Crippen molar-refractivity contribution in [2.24, 2.45) is 5.92 Å². The maximum Gasteiger partial charge on any atom is 0.222 e. The van der Waals surface area contributed by atoms with Crippen molar-refractivity contribution in [2.45, 2.75) is 32.7 Å². The molecule has 2 fully saturated rings. The molecule has 134 valence electrons. The van der Waals surface area contributed by atoms with Gasteiger partial charge in [0, 0.05) is 50.2 Å². The molecule has 0 unspecified atom stereocenters. The van der Waals surface area contributed by atoms with Crippen molar-refractivity contribution in [1.82, 2.24) is 19.7 Å². The van der Waals surface area contributed by atoms with E-state index in [9.17, 15) is 4.79 Å². The van der Waals surface area contributed by atoms with Crippen LogP contribution in [-0.2, 0) is 11.3 Å². The zero-order valence-electron chi connectivity index (χ0n) is 14.6. The Hall–Kier alpha value is -1.18. The van der Waals surface area contributed by atoms with Gasteiger partial charge in [0.2, 0.25) is 5.91 Å². The Balaban J connectivity index is 1.38. The Morgan fingerprint density at radius 1 is 1.21 bits per heavy atom. The summed E-state index contributed by atoms with van der Waals surface area (Å²) in [7, 11) is 0. The number of likely N-dealkylation sites (tertiary alicyclic amines) is 1. The third kappa shape index (κ3) is 4.68. The number of thiazole rings is 1. The number of aromatic nitrogens is 1. The second kappa shape index (κ2) is 8.27. The van der Waals surface area contributed by atoms with Gasteiger partial charge in [-0.05, 0) is 38.4 Å². The molecule has 2 saturated heterocycles. The van der Waals surface area contributed by atoms with Gasteiger partial charge in [-0.3, -0.25) is 9.69 Å². The summed E-state index contributed by atoms with van der Waals surface area (Å²) in [5, 5.41) is 0.647. The van der Waals surface area contributed by atoms with Gasteiger partial charge in [0.25, 0.3) is 0 Å². The summed E-state index contributed by atoms with van der Waals surface area (Å²) in [4.78, 5) is 24.8. The lowest BCUT2D eigenvalue weighted by atomic mass is 9.93. The number of hydrogen-bond acceptors (Lipinski definition) is 6. The minimum absolute atomic E-state index is 0.361. The third-order valence-corrected chi connectivity index (χ3v) is 6.10. The molecule has 1 amide bonds. The lowest BCUT2D eigenvalue weighted by Crippen LogP contribution is -2.49. The van der Waals surface area contributed by atoms with Crippen LogP contribution in [0.2, 0.25) is 0 Å². The largest absolute Gasteiger partial charge is 0.375 e. The topological polar surface area (TPSA) is 65.7 Å². The molecular formula is C17H29N5OS. The summed E-state index contributed by atoms with van der Waals surface area (Å²) in [6.07, 6.45) is 4.85. The number of nitrogens with zero attached hydrogens (tertiary/aromatic N) is 4. The normalized spacial score (nSPS) is 21.3. The summed E-state index contributed by atoms with van der Waals surface area (Å²) in [5.41, 5.74) is 5.69. The number of carbonyl (C=O) groups excluding carboxylic acids is 1. The average molecular weight is 352 g/mol. The lowest BCUT2D eigenvalue weighted by molar-refractivity contribution is -0.134. The number of carbonyl (C=O) groups is 1. The number of rotatable bonds is 5. The van der Waals surface area contributed by atoms with E-state index in [1.165, 1.54) is 4.88 Å². The maximum atomic E-state index is 12.5. The first-order chi connectivity index (χ1) is 11.6. The van der Waals surface area contributed by atoms with Gasteiger partial charge in [-0.25, -0.2) is 4.98 Å². The van der Waals surface area contributed by atoms with Gasteiger partial charge in [-0.15, -0.1) is 11.3 Å². The number of amides is 1. The second-order valence-corrected chi connectivity index (χ2v) is 8.05. The van der Waals surface area contributed by atoms with E-state index < -0.39 is 0 Å². The number of likely N-dealkylation sites (N-methyl/N-ethyl adjacent to an activating group) is 1. The summed E-state index contributed by atoms with van der Waals surface area (Å²) >= 11 is 1.57. The predicted octanol–water partition coefficient (Wildman–Crippen LogP) is 1.49. The third-order valence-electron chi connectivity index (χ3n) is 5.29. The maximum absolute atomic E-state index is 12.5. The Bertz CT molecular complexity index is 533. The minimum atomic E-state index is 0.361. The van der Waals surface area contributed by atoms with Crippen molar-refractivity contribution in [3.63, 3.8) is 0 Å². The molecule has 24 heavy (non-hydrogen) atoms. The fourth-order valence-electron chi connectivity index (χ4n) is 3.65. The summed E-state index contributed by atoms with van der Waals surface area (Å²) in [5.74, 6) is 0.906. The molecule has 1 aromatic rings. The molecule has 3 heterocycles. The Labute approximate surface area is 148 Å². The van der Waals surface area contributed by atoms with Crippen LogP contribution in [0.15, 0.2) is 6.20 Å². The molecule has 2 aliphatic heterocycles.